The number of carbonyl (C=O) groups is 1. The highest BCUT2D eigenvalue weighted by Gasteiger charge is 2.31. The molecule has 1 heterocycles. The van der Waals surface area contributed by atoms with E-state index in [9.17, 15) is 4.79 Å². The van der Waals surface area contributed by atoms with Gasteiger partial charge in [0.2, 0.25) is 0 Å². The molecule has 0 spiro atoms. The SMILES string of the molecule is Cc1c(Br)cc2c(c1C)OC(C(C)C)C(=O)N2. The third kappa shape index (κ3) is 2.06. The Balaban J connectivity index is 2.50. The zero-order valence-corrected chi connectivity index (χ0v) is 12.0. The first-order chi connectivity index (χ1) is 7.91. The van der Waals surface area contributed by atoms with Gasteiger partial charge in [0, 0.05) is 4.47 Å². The largest absolute Gasteiger partial charge is 0.478 e. The summed E-state index contributed by atoms with van der Waals surface area (Å²) in [6.07, 6.45) is -0.401. The number of halogens is 1. The maximum Gasteiger partial charge on any atom is 0.265 e. The number of ether oxygens (including phenoxy) is 1. The highest BCUT2D eigenvalue weighted by molar-refractivity contribution is 9.10. The minimum Gasteiger partial charge on any atom is -0.478 e. The molecule has 0 radical (unpaired) electrons. The fraction of sp³-hybridized carbons (Fsp3) is 0.462. The van der Waals surface area contributed by atoms with Crippen molar-refractivity contribution in [2.75, 3.05) is 5.32 Å². The lowest BCUT2D eigenvalue weighted by molar-refractivity contribution is -0.125. The molecule has 4 heteroatoms. The molecule has 1 amide bonds. The van der Waals surface area contributed by atoms with Gasteiger partial charge >= 0.3 is 0 Å². The number of rotatable bonds is 1. The number of amides is 1. The lowest BCUT2D eigenvalue weighted by Crippen LogP contribution is -2.40. The van der Waals surface area contributed by atoms with Crippen LogP contribution in [0.1, 0.15) is 25.0 Å². The zero-order valence-electron chi connectivity index (χ0n) is 10.4. The normalized spacial score (nSPS) is 18.7. The Hall–Kier alpha value is -1.03. The molecule has 0 aliphatic carbocycles. The topological polar surface area (TPSA) is 38.3 Å². The Bertz CT molecular complexity index is 483. The number of hydrogen-bond donors (Lipinski definition) is 1. The van der Waals surface area contributed by atoms with Crippen molar-refractivity contribution >= 4 is 27.5 Å². The van der Waals surface area contributed by atoms with Gasteiger partial charge < -0.3 is 10.1 Å². The summed E-state index contributed by atoms with van der Waals surface area (Å²) in [4.78, 5) is 11.9. The molecule has 1 aromatic rings. The Labute approximate surface area is 110 Å². The first kappa shape index (κ1) is 12.4. The monoisotopic (exact) mass is 297 g/mol. The van der Waals surface area contributed by atoms with Crippen LogP contribution in [0.25, 0.3) is 0 Å². The molecule has 17 heavy (non-hydrogen) atoms. The van der Waals surface area contributed by atoms with E-state index in [1.54, 1.807) is 0 Å². The van der Waals surface area contributed by atoms with Gasteiger partial charge in [0.05, 0.1) is 5.69 Å². The van der Waals surface area contributed by atoms with E-state index < -0.39 is 6.10 Å². The molecule has 1 aromatic carbocycles. The Kier molecular flexibility index (Phi) is 3.17. The number of fused-ring (bicyclic) bond motifs is 1. The van der Waals surface area contributed by atoms with Gasteiger partial charge in [-0.15, -0.1) is 0 Å². The van der Waals surface area contributed by atoms with Gasteiger partial charge in [0.15, 0.2) is 6.10 Å². The third-order valence-corrected chi connectivity index (χ3v) is 3.97. The summed E-state index contributed by atoms with van der Waals surface area (Å²) in [5, 5.41) is 2.91. The van der Waals surface area contributed by atoms with Crippen molar-refractivity contribution in [2.24, 2.45) is 5.92 Å². The molecular formula is C13H16BrNO2. The standard InChI is InChI=1S/C13H16BrNO2/c1-6(2)11-13(16)15-10-5-9(14)7(3)8(4)12(10)17-11/h5-6,11H,1-4H3,(H,15,16). The Morgan fingerprint density at radius 1 is 1.35 bits per heavy atom. The quantitative estimate of drug-likeness (QED) is 0.862. The second kappa shape index (κ2) is 4.33. The maximum absolute atomic E-state index is 11.9. The van der Waals surface area contributed by atoms with Crippen LogP contribution in [0.3, 0.4) is 0 Å². The van der Waals surface area contributed by atoms with Crippen molar-refractivity contribution in [2.45, 2.75) is 33.8 Å². The van der Waals surface area contributed by atoms with Crippen molar-refractivity contribution in [1.82, 2.24) is 0 Å². The molecule has 0 fully saturated rings. The van der Waals surface area contributed by atoms with E-state index in [1.807, 2.05) is 33.8 Å². The van der Waals surface area contributed by atoms with Crippen molar-refractivity contribution < 1.29 is 9.53 Å². The first-order valence-corrected chi connectivity index (χ1v) is 6.48. The number of nitrogens with one attached hydrogen (secondary N) is 1. The van der Waals surface area contributed by atoms with E-state index in [4.69, 9.17) is 4.74 Å². The third-order valence-electron chi connectivity index (χ3n) is 3.14. The molecule has 92 valence electrons. The summed E-state index contributed by atoms with van der Waals surface area (Å²) >= 11 is 3.48. The molecule has 2 rings (SSSR count). The summed E-state index contributed by atoms with van der Waals surface area (Å²) in [6, 6.07) is 1.89. The molecule has 1 unspecified atom stereocenters. The average Bonchev–Trinajstić information content (AvgIpc) is 2.25. The number of hydrogen-bond acceptors (Lipinski definition) is 2. The van der Waals surface area contributed by atoms with E-state index in [0.29, 0.717) is 0 Å². The molecule has 1 atom stereocenters. The maximum atomic E-state index is 11.9. The van der Waals surface area contributed by atoms with Crippen LogP contribution in [0, 0.1) is 19.8 Å². The van der Waals surface area contributed by atoms with Crippen molar-refractivity contribution in [1.29, 1.82) is 0 Å². The van der Waals surface area contributed by atoms with Crippen LogP contribution < -0.4 is 10.1 Å². The molecule has 0 aromatic heterocycles. The second-order valence-corrected chi connectivity index (χ2v) is 5.61. The zero-order chi connectivity index (χ0) is 12.7. The van der Waals surface area contributed by atoms with Crippen LogP contribution in [0.15, 0.2) is 10.5 Å². The second-order valence-electron chi connectivity index (χ2n) is 4.76. The van der Waals surface area contributed by atoms with Crippen molar-refractivity contribution in [3.05, 3.63) is 21.7 Å². The number of benzene rings is 1. The fourth-order valence-corrected chi connectivity index (χ4v) is 2.45. The van der Waals surface area contributed by atoms with E-state index in [0.717, 1.165) is 27.0 Å². The smallest absolute Gasteiger partial charge is 0.265 e. The van der Waals surface area contributed by atoms with E-state index in [1.165, 1.54) is 0 Å². The van der Waals surface area contributed by atoms with Gasteiger partial charge in [0.1, 0.15) is 5.75 Å². The predicted molar refractivity (Wildman–Crippen MR) is 71.5 cm³/mol. The van der Waals surface area contributed by atoms with Crippen LogP contribution in [0.5, 0.6) is 5.75 Å². The Morgan fingerprint density at radius 2 is 2.00 bits per heavy atom. The van der Waals surface area contributed by atoms with E-state index in [-0.39, 0.29) is 11.8 Å². The van der Waals surface area contributed by atoms with E-state index in [2.05, 4.69) is 21.2 Å². The molecule has 0 saturated carbocycles. The van der Waals surface area contributed by atoms with Gasteiger partial charge in [-0.3, -0.25) is 4.79 Å². The molecule has 1 N–H and O–H groups in total. The summed E-state index contributed by atoms with van der Waals surface area (Å²) in [5.41, 5.74) is 2.96. The lowest BCUT2D eigenvalue weighted by Gasteiger charge is -2.30. The minimum atomic E-state index is -0.401. The van der Waals surface area contributed by atoms with E-state index >= 15 is 0 Å². The van der Waals surface area contributed by atoms with Crippen molar-refractivity contribution in [3.8, 4) is 5.75 Å². The van der Waals surface area contributed by atoms with Crippen LogP contribution in [-0.4, -0.2) is 12.0 Å². The van der Waals surface area contributed by atoms with Crippen LogP contribution in [0.4, 0.5) is 5.69 Å². The van der Waals surface area contributed by atoms with Gasteiger partial charge in [-0.05, 0) is 37.0 Å². The van der Waals surface area contributed by atoms with Gasteiger partial charge in [0.25, 0.3) is 5.91 Å². The van der Waals surface area contributed by atoms with Crippen LogP contribution >= 0.6 is 15.9 Å². The lowest BCUT2D eigenvalue weighted by atomic mass is 10.0. The Morgan fingerprint density at radius 3 is 2.59 bits per heavy atom. The first-order valence-electron chi connectivity index (χ1n) is 5.69. The van der Waals surface area contributed by atoms with Crippen LogP contribution in [-0.2, 0) is 4.79 Å². The molecule has 0 saturated heterocycles. The van der Waals surface area contributed by atoms with Gasteiger partial charge in [-0.25, -0.2) is 0 Å². The van der Waals surface area contributed by atoms with Gasteiger partial charge in [-0.1, -0.05) is 29.8 Å². The highest BCUT2D eigenvalue weighted by Crippen LogP contribution is 2.39. The summed E-state index contributed by atoms with van der Waals surface area (Å²) in [6.45, 7) is 8.00. The minimum absolute atomic E-state index is 0.0670. The molecule has 3 nitrogen and oxygen atoms in total. The summed E-state index contributed by atoms with van der Waals surface area (Å²) in [7, 11) is 0. The predicted octanol–water partition coefficient (Wildman–Crippen LogP) is 3.42. The highest BCUT2D eigenvalue weighted by atomic mass is 79.9. The molecule has 0 bridgehead atoms. The number of carbonyl (C=O) groups excluding carboxylic acids is 1. The molecule has 1 aliphatic heterocycles. The average molecular weight is 298 g/mol. The van der Waals surface area contributed by atoms with Crippen molar-refractivity contribution in [3.63, 3.8) is 0 Å². The van der Waals surface area contributed by atoms with Crippen LogP contribution in [0.2, 0.25) is 0 Å². The summed E-state index contributed by atoms with van der Waals surface area (Å²) in [5.74, 6) is 0.887. The summed E-state index contributed by atoms with van der Waals surface area (Å²) < 4.78 is 6.83. The molecular weight excluding hydrogens is 282 g/mol. The fourth-order valence-electron chi connectivity index (χ4n) is 1.92. The molecule has 1 aliphatic rings. The number of anilines is 1. The van der Waals surface area contributed by atoms with Gasteiger partial charge in [-0.2, -0.15) is 0 Å².